The molecule has 1 fully saturated rings. The number of nitrogens with zero attached hydrogens (tertiary/aromatic N) is 2. The average molecular weight is 376 g/mol. The Bertz CT molecular complexity index is 1040. The minimum atomic E-state index is 0.737. The van der Waals surface area contributed by atoms with Gasteiger partial charge in [-0.1, -0.05) is 30.0 Å². The third-order valence-electron chi connectivity index (χ3n) is 5.75. The molecule has 3 nitrogen and oxygen atoms in total. The molecule has 3 aromatic rings. The van der Waals surface area contributed by atoms with E-state index in [9.17, 15) is 0 Å². The van der Waals surface area contributed by atoms with Crippen LogP contribution in [0, 0.1) is 19.8 Å². The van der Waals surface area contributed by atoms with Gasteiger partial charge in [0.1, 0.15) is 5.65 Å². The summed E-state index contributed by atoms with van der Waals surface area (Å²) in [6.07, 6.45) is 10.4. The summed E-state index contributed by atoms with van der Waals surface area (Å²) in [6.45, 7) is 6.50. The van der Waals surface area contributed by atoms with Gasteiger partial charge in [0.2, 0.25) is 0 Å². The molecule has 0 saturated carbocycles. The number of thioether (sulfide) groups is 1. The van der Waals surface area contributed by atoms with E-state index in [0.29, 0.717) is 0 Å². The van der Waals surface area contributed by atoms with Gasteiger partial charge >= 0.3 is 0 Å². The van der Waals surface area contributed by atoms with Crippen molar-refractivity contribution in [3.05, 3.63) is 64.5 Å². The van der Waals surface area contributed by atoms with Gasteiger partial charge in [0.15, 0.2) is 0 Å². The first-order valence-corrected chi connectivity index (χ1v) is 10.7. The van der Waals surface area contributed by atoms with Crippen LogP contribution in [0.5, 0.6) is 0 Å². The van der Waals surface area contributed by atoms with E-state index >= 15 is 0 Å². The predicted molar refractivity (Wildman–Crippen MR) is 113 cm³/mol. The summed E-state index contributed by atoms with van der Waals surface area (Å²) in [6, 6.07) is 9.23. The highest BCUT2D eigenvalue weighted by atomic mass is 32.2. The molecular formula is C23H25N3S. The number of benzene rings is 1. The van der Waals surface area contributed by atoms with E-state index in [1.165, 1.54) is 40.0 Å². The number of rotatable bonds is 2. The SMILES string of the molecule is Cc1cn2cc(-c3ccc4c(c3)SC(C3CCNCC3)=CC4)cc(C)c2n1. The quantitative estimate of drug-likeness (QED) is 0.672. The largest absolute Gasteiger partial charge is 0.317 e. The number of hydrogen-bond acceptors (Lipinski definition) is 3. The summed E-state index contributed by atoms with van der Waals surface area (Å²) >= 11 is 2.00. The van der Waals surface area contributed by atoms with Crippen LogP contribution in [0.1, 0.15) is 29.7 Å². The van der Waals surface area contributed by atoms with Gasteiger partial charge in [-0.05, 0) is 91.4 Å². The number of piperidine rings is 1. The van der Waals surface area contributed by atoms with E-state index in [1.807, 2.05) is 11.8 Å². The van der Waals surface area contributed by atoms with Gasteiger partial charge in [-0.3, -0.25) is 0 Å². The van der Waals surface area contributed by atoms with Crippen LogP contribution in [-0.4, -0.2) is 22.5 Å². The zero-order valence-corrected chi connectivity index (χ0v) is 16.8. The van der Waals surface area contributed by atoms with Crippen LogP contribution in [0.2, 0.25) is 0 Å². The van der Waals surface area contributed by atoms with Crippen molar-refractivity contribution in [3.8, 4) is 11.1 Å². The van der Waals surface area contributed by atoms with Crippen LogP contribution < -0.4 is 5.32 Å². The normalized spacial score (nSPS) is 17.8. The third-order valence-corrected chi connectivity index (χ3v) is 7.08. The molecule has 0 atom stereocenters. The number of aromatic nitrogens is 2. The fraction of sp³-hybridized carbons (Fsp3) is 0.348. The molecule has 1 aromatic carbocycles. The highest BCUT2D eigenvalue weighted by Gasteiger charge is 2.22. The molecule has 1 N–H and O–H groups in total. The lowest BCUT2D eigenvalue weighted by Crippen LogP contribution is -2.28. The number of hydrogen-bond donors (Lipinski definition) is 1. The zero-order valence-electron chi connectivity index (χ0n) is 16.0. The first-order chi connectivity index (χ1) is 13.2. The summed E-state index contributed by atoms with van der Waals surface area (Å²) in [7, 11) is 0. The molecule has 0 spiro atoms. The lowest BCUT2D eigenvalue weighted by molar-refractivity contribution is 0.431. The first-order valence-electron chi connectivity index (χ1n) is 9.85. The molecule has 138 valence electrons. The summed E-state index contributed by atoms with van der Waals surface area (Å²) in [4.78, 5) is 7.64. The fourth-order valence-electron chi connectivity index (χ4n) is 4.28. The Labute approximate surface area is 164 Å². The molecule has 5 rings (SSSR count). The maximum atomic E-state index is 4.63. The fourth-order valence-corrected chi connectivity index (χ4v) is 5.57. The Hall–Kier alpha value is -2.04. The first kappa shape index (κ1) is 17.1. The van der Waals surface area contributed by atoms with E-state index in [-0.39, 0.29) is 0 Å². The third kappa shape index (κ3) is 3.21. The Morgan fingerprint density at radius 1 is 1.07 bits per heavy atom. The highest BCUT2D eigenvalue weighted by Crippen LogP contribution is 2.42. The Morgan fingerprint density at radius 2 is 1.93 bits per heavy atom. The second-order valence-electron chi connectivity index (χ2n) is 7.78. The molecule has 2 aromatic heterocycles. The van der Waals surface area contributed by atoms with Gasteiger partial charge in [-0.15, -0.1) is 0 Å². The molecule has 27 heavy (non-hydrogen) atoms. The molecule has 2 aliphatic heterocycles. The molecule has 4 heterocycles. The van der Waals surface area contributed by atoms with Gasteiger partial charge < -0.3 is 9.72 Å². The topological polar surface area (TPSA) is 29.3 Å². The molecule has 1 saturated heterocycles. The Balaban J connectivity index is 1.48. The molecular weight excluding hydrogens is 350 g/mol. The second-order valence-corrected chi connectivity index (χ2v) is 8.90. The summed E-state index contributed by atoms with van der Waals surface area (Å²) in [5.41, 5.74) is 7.36. The van der Waals surface area contributed by atoms with Gasteiger partial charge in [0.25, 0.3) is 0 Å². The van der Waals surface area contributed by atoms with Crippen molar-refractivity contribution >= 4 is 17.4 Å². The average Bonchev–Trinajstić information content (AvgIpc) is 3.09. The van der Waals surface area contributed by atoms with Crippen molar-refractivity contribution in [1.82, 2.24) is 14.7 Å². The van der Waals surface area contributed by atoms with Crippen LogP contribution in [0.4, 0.5) is 0 Å². The van der Waals surface area contributed by atoms with Gasteiger partial charge in [-0.2, -0.15) is 0 Å². The summed E-state index contributed by atoms with van der Waals surface area (Å²) in [5, 5.41) is 3.48. The maximum absolute atomic E-state index is 4.63. The molecule has 2 aliphatic rings. The minimum absolute atomic E-state index is 0.737. The molecule has 0 radical (unpaired) electrons. The van der Waals surface area contributed by atoms with Crippen molar-refractivity contribution in [2.45, 2.75) is 38.0 Å². The van der Waals surface area contributed by atoms with Gasteiger partial charge in [-0.25, -0.2) is 4.98 Å². The lowest BCUT2D eigenvalue weighted by Gasteiger charge is -2.27. The maximum Gasteiger partial charge on any atom is 0.139 e. The minimum Gasteiger partial charge on any atom is -0.317 e. The van der Waals surface area contributed by atoms with Crippen molar-refractivity contribution in [3.63, 3.8) is 0 Å². The number of aryl methyl sites for hydroxylation is 2. The van der Waals surface area contributed by atoms with Crippen LogP contribution >= 0.6 is 11.8 Å². The Morgan fingerprint density at radius 3 is 2.78 bits per heavy atom. The number of nitrogens with one attached hydrogen (secondary N) is 1. The summed E-state index contributed by atoms with van der Waals surface area (Å²) < 4.78 is 2.16. The number of fused-ring (bicyclic) bond motifs is 2. The number of pyridine rings is 1. The monoisotopic (exact) mass is 375 g/mol. The van der Waals surface area contributed by atoms with Crippen LogP contribution in [0.25, 0.3) is 16.8 Å². The van der Waals surface area contributed by atoms with Crippen LogP contribution in [0.3, 0.4) is 0 Å². The molecule has 0 aliphatic carbocycles. The Kier molecular flexibility index (Phi) is 4.33. The molecule has 0 amide bonds. The molecule has 4 heteroatoms. The van der Waals surface area contributed by atoms with E-state index < -0.39 is 0 Å². The second kappa shape index (κ2) is 6.84. The van der Waals surface area contributed by atoms with Crippen molar-refractivity contribution in [2.24, 2.45) is 5.92 Å². The smallest absolute Gasteiger partial charge is 0.139 e. The van der Waals surface area contributed by atoms with E-state index in [1.54, 1.807) is 4.91 Å². The molecule has 0 unspecified atom stereocenters. The van der Waals surface area contributed by atoms with Gasteiger partial charge in [0, 0.05) is 17.3 Å². The molecule has 0 bridgehead atoms. The van der Waals surface area contributed by atoms with Crippen molar-refractivity contribution in [2.75, 3.05) is 13.1 Å². The summed E-state index contributed by atoms with van der Waals surface area (Å²) in [5.74, 6) is 0.737. The van der Waals surface area contributed by atoms with Crippen molar-refractivity contribution in [1.29, 1.82) is 0 Å². The lowest BCUT2D eigenvalue weighted by atomic mass is 9.96. The zero-order chi connectivity index (χ0) is 18.4. The number of imidazole rings is 1. The van der Waals surface area contributed by atoms with E-state index in [0.717, 1.165) is 36.8 Å². The number of allylic oxidation sites excluding steroid dienone is 2. The highest BCUT2D eigenvalue weighted by molar-refractivity contribution is 8.03. The van der Waals surface area contributed by atoms with Crippen LogP contribution in [-0.2, 0) is 6.42 Å². The van der Waals surface area contributed by atoms with E-state index in [2.05, 4.69) is 71.3 Å². The van der Waals surface area contributed by atoms with Gasteiger partial charge in [0.05, 0.1) is 5.69 Å². The van der Waals surface area contributed by atoms with Crippen LogP contribution in [0.15, 0.2) is 52.5 Å². The standard InChI is InChI=1S/C23H25N3S/c1-15-11-20(14-26-13-16(2)25-23(15)26)19-4-3-17-5-6-21(27-22(17)12-19)18-7-9-24-10-8-18/h3-4,6,11-14,18,24H,5,7-10H2,1-2H3. The van der Waals surface area contributed by atoms with E-state index in [4.69, 9.17) is 0 Å². The predicted octanol–water partition coefficient (Wildman–Crippen LogP) is 5.15. The van der Waals surface area contributed by atoms with Crippen molar-refractivity contribution < 1.29 is 0 Å².